The van der Waals surface area contributed by atoms with Crippen LogP contribution in [0.25, 0.3) is 0 Å². The first kappa shape index (κ1) is 23.9. The predicted molar refractivity (Wildman–Crippen MR) is 118 cm³/mol. The van der Waals surface area contributed by atoms with Crippen molar-refractivity contribution in [3.8, 4) is 0 Å². The highest BCUT2D eigenvalue weighted by molar-refractivity contribution is 5.90. The maximum absolute atomic E-state index is 13.1. The van der Waals surface area contributed by atoms with E-state index in [9.17, 15) is 19.5 Å². The Labute approximate surface area is 182 Å². The number of carboxylic acids is 1. The predicted octanol–water partition coefficient (Wildman–Crippen LogP) is 3.69. The van der Waals surface area contributed by atoms with Crippen molar-refractivity contribution in [2.75, 3.05) is 6.54 Å². The van der Waals surface area contributed by atoms with Gasteiger partial charge < -0.3 is 20.5 Å². The highest BCUT2D eigenvalue weighted by Gasteiger charge is 2.27. The van der Waals surface area contributed by atoms with Gasteiger partial charge in [-0.15, -0.1) is 0 Å². The summed E-state index contributed by atoms with van der Waals surface area (Å²) in [5.41, 5.74) is 0.954. The number of hydrogen-bond acceptors (Lipinski definition) is 4. The van der Waals surface area contributed by atoms with Crippen LogP contribution < -0.4 is 10.6 Å². The number of ether oxygens (including phenoxy) is 1. The zero-order chi connectivity index (χ0) is 22.9. The smallest absolute Gasteiger partial charge is 0.407 e. The van der Waals surface area contributed by atoms with E-state index in [2.05, 4.69) is 10.6 Å². The van der Waals surface area contributed by atoms with E-state index in [1.165, 1.54) is 0 Å². The van der Waals surface area contributed by atoms with Crippen LogP contribution in [0.2, 0.25) is 0 Å². The summed E-state index contributed by atoms with van der Waals surface area (Å²) in [5.74, 6) is -2.13. The van der Waals surface area contributed by atoms with E-state index >= 15 is 0 Å². The first-order chi connectivity index (χ1) is 14.7. The summed E-state index contributed by atoms with van der Waals surface area (Å²) in [6, 6.07) is 17.4. The third-order valence-corrected chi connectivity index (χ3v) is 4.48. The Kier molecular flexibility index (Phi) is 8.61. The van der Waals surface area contributed by atoms with Crippen molar-refractivity contribution >= 4 is 18.0 Å². The van der Waals surface area contributed by atoms with E-state index in [1.54, 1.807) is 20.8 Å². The summed E-state index contributed by atoms with van der Waals surface area (Å²) in [6.07, 6.45) is -0.0120. The molecule has 0 spiro atoms. The summed E-state index contributed by atoms with van der Waals surface area (Å²) in [6.45, 7) is 5.53. The number of rotatable bonds is 9. The first-order valence-corrected chi connectivity index (χ1v) is 10.3. The van der Waals surface area contributed by atoms with E-state index in [4.69, 9.17) is 4.74 Å². The topological polar surface area (TPSA) is 105 Å². The third kappa shape index (κ3) is 8.12. The fourth-order valence-corrected chi connectivity index (χ4v) is 3.11. The molecule has 7 nitrogen and oxygen atoms in total. The summed E-state index contributed by atoms with van der Waals surface area (Å²) in [4.78, 5) is 36.5. The molecular weight excluding hydrogens is 396 g/mol. The van der Waals surface area contributed by atoms with Crippen LogP contribution in [-0.2, 0) is 14.3 Å². The van der Waals surface area contributed by atoms with Gasteiger partial charge in [0.05, 0.1) is 5.92 Å². The number of benzene rings is 2. The van der Waals surface area contributed by atoms with Gasteiger partial charge in [0.1, 0.15) is 11.6 Å². The Balaban J connectivity index is 2.01. The van der Waals surface area contributed by atoms with Crippen LogP contribution in [0.3, 0.4) is 0 Å². The number of carbonyl (C=O) groups is 3. The summed E-state index contributed by atoms with van der Waals surface area (Å²) in [7, 11) is 0. The number of nitrogens with one attached hydrogen (secondary N) is 2. The van der Waals surface area contributed by atoms with Crippen LogP contribution in [0.4, 0.5) is 4.79 Å². The molecular formula is C24H30N2O5. The van der Waals surface area contributed by atoms with Crippen molar-refractivity contribution < 1.29 is 24.2 Å². The Morgan fingerprint density at radius 3 is 1.90 bits per heavy atom. The maximum atomic E-state index is 13.1. The number of aliphatic carboxylic acids is 1. The second-order valence-corrected chi connectivity index (χ2v) is 8.22. The van der Waals surface area contributed by atoms with Crippen LogP contribution in [0.5, 0.6) is 0 Å². The minimum atomic E-state index is -1.12. The molecule has 0 saturated carbocycles. The van der Waals surface area contributed by atoms with E-state index in [0.717, 1.165) is 11.1 Å². The lowest BCUT2D eigenvalue weighted by atomic mass is 9.90. The van der Waals surface area contributed by atoms with E-state index in [0.29, 0.717) is 6.42 Å². The number of alkyl carbamates (subject to hydrolysis) is 1. The molecule has 0 aliphatic carbocycles. The third-order valence-electron chi connectivity index (χ3n) is 4.48. The summed E-state index contributed by atoms with van der Waals surface area (Å²) in [5, 5.41) is 14.8. The molecule has 31 heavy (non-hydrogen) atoms. The van der Waals surface area contributed by atoms with Gasteiger partial charge in [-0.05, 0) is 44.7 Å². The molecule has 0 radical (unpaired) electrons. The van der Waals surface area contributed by atoms with Crippen LogP contribution in [0, 0.1) is 0 Å². The lowest BCUT2D eigenvalue weighted by molar-refractivity contribution is -0.142. The Morgan fingerprint density at radius 1 is 0.935 bits per heavy atom. The van der Waals surface area contributed by atoms with Gasteiger partial charge in [0.25, 0.3) is 0 Å². The molecule has 3 N–H and O–H groups in total. The molecule has 0 fully saturated rings. The number of carbonyl (C=O) groups excluding carboxylic acids is 2. The minimum Gasteiger partial charge on any atom is -0.480 e. The zero-order valence-electron chi connectivity index (χ0n) is 18.1. The molecule has 2 aromatic rings. The van der Waals surface area contributed by atoms with Crippen LogP contribution in [0.1, 0.15) is 50.7 Å². The normalized spacial score (nSPS) is 12.1. The van der Waals surface area contributed by atoms with Crippen molar-refractivity contribution in [2.24, 2.45) is 0 Å². The molecule has 0 heterocycles. The largest absolute Gasteiger partial charge is 0.480 e. The number of carboxylic acid groups (broad SMARTS) is 1. The number of hydrogen-bond donors (Lipinski definition) is 3. The second kappa shape index (κ2) is 11.2. The Morgan fingerprint density at radius 2 is 1.45 bits per heavy atom. The lowest BCUT2D eigenvalue weighted by Crippen LogP contribution is -2.43. The molecule has 2 amide bonds. The van der Waals surface area contributed by atoms with E-state index in [1.807, 2.05) is 60.7 Å². The fraction of sp³-hybridized carbons (Fsp3) is 0.375. The van der Waals surface area contributed by atoms with Gasteiger partial charge in [0, 0.05) is 6.54 Å². The average molecular weight is 427 g/mol. The molecule has 166 valence electrons. The summed E-state index contributed by atoms with van der Waals surface area (Å²) >= 11 is 0. The van der Waals surface area contributed by atoms with E-state index in [-0.39, 0.29) is 18.9 Å². The van der Waals surface area contributed by atoms with Crippen LogP contribution >= 0.6 is 0 Å². The van der Waals surface area contributed by atoms with Crippen molar-refractivity contribution in [1.29, 1.82) is 0 Å². The lowest BCUT2D eigenvalue weighted by Gasteiger charge is -2.22. The first-order valence-electron chi connectivity index (χ1n) is 10.3. The Hall–Kier alpha value is -3.35. The molecule has 1 atom stereocenters. The van der Waals surface area contributed by atoms with E-state index < -0.39 is 29.6 Å². The van der Waals surface area contributed by atoms with Gasteiger partial charge in [-0.1, -0.05) is 60.7 Å². The standard InChI is InChI=1S/C24H30N2O5/c1-24(2,3)31-23(30)25-16-10-15-19(22(28)29)26-21(27)20(17-11-6-4-7-12-17)18-13-8-5-9-14-18/h4-9,11-14,19-20H,10,15-16H2,1-3H3,(H,25,30)(H,26,27)(H,28,29)/t19-/m1/s1. The number of amides is 2. The highest BCUT2D eigenvalue weighted by atomic mass is 16.6. The highest BCUT2D eigenvalue weighted by Crippen LogP contribution is 2.25. The van der Waals surface area contributed by atoms with Crippen LogP contribution in [-0.4, -0.2) is 41.3 Å². The summed E-state index contributed by atoms with van der Waals surface area (Å²) < 4.78 is 5.15. The van der Waals surface area contributed by atoms with Crippen molar-refractivity contribution in [3.05, 3.63) is 71.8 Å². The maximum Gasteiger partial charge on any atom is 0.407 e. The molecule has 7 heteroatoms. The van der Waals surface area contributed by atoms with Gasteiger partial charge in [-0.25, -0.2) is 9.59 Å². The molecule has 2 rings (SSSR count). The van der Waals surface area contributed by atoms with Crippen molar-refractivity contribution in [2.45, 2.75) is 51.2 Å². The van der Waals surface area contributed by atoms with Gasteiger partial charge in [-0.2, -0.15) is 0 Å². The molecule has 0 bridgehead atoms. The monoisotopic (exact) mass is 426 g/mol. The zero-order valence-corrected chi connectivity index (χ0v) is 18.1. The van der Waals surface area contributed by atoms with Gasteiger partial charge in [0.2, 0.25) is 5.91 Å². The minimum absolute atomic E-state index is 0.174. The molecule has 2 aromatic carbocycles. The second-order valence-electron chi connectivity index (χ2n) is 8.22. The Bertz CT molecular complexity index is 823. The van der Waals surface area contributed by atoms with Gasteiger partial charge >= 0.3 is 12.1 Å². The SMILES string of the molecule is CC(C)(C)OC(=O)NCCC[C@@H](NC(=O)C(c1ccccc1)c1ccccc1)C(=O)O. The molecule has 0 saturated heterocycles. The average Bonchev–Trinajstić information content (AvgIpc) is 2.70. The molecule has 0 aliphatic heterocycles. The van der Waals surface area contributed by atoms with Gasteiger partial charge in [0.15, 0.2) is 0 Å². The van der Waals surface area contributed by atoms with Crippen molar-refractivity contribution in [3.63, 3.8) is 0 Å². The van der Waals surface area contributed by atoms with Crippen molar-refractivity contribution in [1.82, 2.24) is 10.6 Å². The molecule has 0 unspecified atom stereocenters. The molecule has 0 aromatic heterocycles. The quantitative estimate of drug-likeness (QED) is 0.531. The van der Waals surface area contributed by atoms with Crippen LogP contribution in [0.15, 0.2) is 60.7 Å². The molecule has 0 aliphatic rings. The fourth-order valence-electron chi connectivity index (χ4n) is 3.11. The van der Waals surface area contributed by atoms with Gasteiger partial charge in [-0.3, -0.25) is 4.79 Å².